The summed E-state index contributed by atoms with van der Waals surface area (Å²) in [6.07, 6.45) is 1.02. The number of rotatable bonds is 6. The number of aryl methyl sites for hydroxylation is 1. The monoisotopic (exact) mass is 279 g/mol. The van der Waals surface area contributed by atoms with Crippen molar-refractivity contribution in [3.8, 4) is 6.01 Å². The Morgan fingerprint density at radius 1 is 1.32 bits per heavy atom. The van der Waals surface area contributed by atoms with E-state index in [1.165, 1.54) is 10.4 Å². The molecule has 2 aromatic heterocycles. The van der Waals surface area contributed by atoms with Crippen LogP contribution in [0.5, 0.6) is 6.01 Å². The molecule has 3 N–H and O–H groups in total. The van der Waals surface area contributed by atoms with E-state index in [4.69, 9.17) is 10.5 Å². The van der Waals surface area contributed by atoms with Crippen LogP contribution in [0.1, 0.15) is 24.3 Å². The summed E-state index contributed by atoms with van der Waals surface area (Å²) < 4.78 is 5.23. The zero-order valence-corrected chi connectivity index (χ0v) is 11.8. The fourth-order valence-corrected chi connectivity index (χ4v) is 2.56. The average Bonchev–Trinajstić information content (AvgIpc) is 2.83. The number of nitrogen functional groups attached to an aromatic ring is 1. The number of anilines is 2. The topological polar surface area (TPSA) is 86.0 Å². The van der Waals surface area contributed by atoms with Crippen molar-refractivity contribution in [1.29, 1.82) is 0 Å². The van der Waals surface area contributed by atoms with Crippen LogP contribution in [0.15, 0.2) is 11.4 Å². The minimum Gasteiger partial charge on any atom is -0.464 e. The summed E-state index contributed by atoms with van der Waals surface area (Å²) >= 11 is 1.72. The van der Waals surface area contributed by atoms with E-state index in [1.54, 1.807) is 11.3 Å². The quantitative estimate of drug-likeness (QED) is 0.842. The summed E-state index contributed by atoms with van der Waals surface area (Å²) in [5.41, 5.74) is 6.95. The van der Waals surface area contributed by atoms with Crippen molar-refractivity contribution in [1.82, 2.24) is 15.0 Å². The van der Waals surface area contributed by atoms with Crippen molar-refractivity contribution in [3.05, 3.63) is 21.9 Å². The smallest absolute Gasteiger partial charge is 0.323 e. The molecular weight excluding hydrogens is 262 g/mol. The van der Waals surface area contributed by atoms with Gasteiger partial charge in [0.2, 0.25) is 11.9 Å². The third-order valence-corrected chi connectivity index (χ3v) is 3.49. The van der Waals surface area contributed by atoms with Gasteiger partial charge in [-0.05, 0) is 30.4 Å². The zero-order chi connectivity index (χ0) is 13.7. The highest BCUT2D eigenvalue weighted by molar-refractivity contribution is 7.10. The average molecular weight is 279 g/mol. The first-order chi connectivity index (χ1) is 9.22. The highest BCUT2D eigenvalue weighted by Crippen LogP contribution is 2.18. The van der Waals surface area contributed by atoms with Gasteiger partial charge in [0.05, 0.1) is 13.2 Å². The molecular formula is C12H17N5OS. The first kappa shape index (κ1) is 13.5. The van der Waals surface area contributed by atoms with Gasteiger partial charge in [0, 0.05) is 4.88 Å². The Labute approximate surface area is 116 Å². The first-order valence-corrected chi connectivity index (χ1v) is 7.04. The Morgan fingerprint density at radius 2 is 2.16 bits per heavy atom. The van der Waals surface area contributed by atoms with E-state index < -0.39 is 0 Å². The lowest BCUT2D eigenvalue weighted by Gasteiger charge is -2.07. The van der Waals surface area contributed by atoms with E-state index in [-0.39, 0.29) is 12.0 Å². The molecule has 0 unspecified atom stereocenters. The van der Waals surface area contributed by atoms with Gasteiger partial charge in [-0.15, -0.1) is 11.3 Å². The summed E-state index contributed by atoms with van der Waals surface area (Å²) in [5, 5.41) is 5.24. The number of hydrogen-bond acceptors (Lipinski definition) is 7. The predicted octanol–water partition coefficient (Wildman–Crippen LogP) is 2.09. The molecule has 0 radical (unpaired) electrons. The Kier molecular flexibility index (Phi) is 4.51. The summed E-state index contributed by atoms with van der Waals surface area (Å²) in [6, 6.07) is 2.38. The number of nitrogens with one attached hydrogen (secondary N) is 1. The van der Waals surface area contributed by atoms with Gasteiger partial charge in [-0.2, -0.15) is 15.0 Å². The Balaban J connectivity index is 2.06. The van der Waals surface area contributed by atoms with Crippen LogP contribution in [0.4, 0.5) is 11.9 Å². The third-order valence-electron chi connectivity index (χ3n) is 2.53. The van der Waals surface area contributed by atoms with Crippen molar-refractivity contribution in [2.45, 2.75) is 26.8 Å². The van der Waals surface area contributed by atoms with Gasteiger partial charge < -0.3 is 15.8 Å². The van der Waals surface area contributed by atoms with Crippen LogP contribution in [0.25, 0.3) is 0 Å². The molecule has 0 aromatic carbocycles. The molecule has 2 heterocycles. The second-order valence-corrected chi connectivity index (χ2v) is 4.81. The van der Waals surface area contributed by atoms with Crippen LogP contribution >= 0.6 is 11.3 Å². The van der Waals surface area contributed by atoms with Crippen molar-refractivity contribution in [3.63, 3.8) is 0 Å². The number of hydrogen-bond donors (Lipinski definition) is 2. The molecule has 0 aliphatic heterocycles. The normalized spacial score (nSPS) is 10.4. The Hall–Kier alpha value is -1.89. The molecule has 2 rings (SSSR count). The molecule has 7 heteroatoms. The van der Waals surface area contributed by atoms with Crippen LogP contribution in [0.3, 0.4) is 0 Å². The molecule has 0 spiro atoms. The van der Waals surface area contributed by atoms with Crippen LogP contribution < -0.4 is 15.8 Å². The number of aromatic nitrogens is 3. The van der Waals surface area contributed by atoms with E-state index in [2.05, 4.69) is 38.6 Å². The molecule has 19 heavy (non-hydrogen) atoms. The molecule has 0 saturated carbocycles. The molecule has 0 aliphatic rings. The van der Waals surface area contributed by atoms with Crippen LogP contribution in [0.2, 0.25) is 0 Å². The maximum atomic E-state index is 5.62. The van der Waals surface area contributed by atoms with E-state index in [0.717, 1.165) is 6.42 Å². The van der Waals surface area contributed by atoms with E-state index in [1.807, 2.05) is 6.92 Å². The second-order valence-electron chi connectivity index (χ2n) is 3.81. The standard InChI is InChI=1S/C12H17N5OS/c1-3-8-5-6-19-9(8)7-14-11-15-10(13)16-12(17-11)18-4-2/h5-6H,3-4,7H2,1-2H3,(H3,13,14,15,16,17). The molecule has 0 amide bonds. The van der Waals surface area contributed by atoms with Gasteiger partial charge in [-0.25, -0.2) is 0 Å². The van der Waals surface area contributed by atoms with Gasteiger partial charge in [0.1, 0.15) is 0 Å². The van der Waals surface area contributed by atoms with Gasteiger partial charge in [0.25, 0.3) is 0 Å². The highest BCUT2D eigenvalue weighted by Gasteiger charge is 2.07. The first-order valence-electron chi connectivity index (χ1n) is 6.16. The van der Waals surface area contributed by atoms with E-state index in [0.29, 0.717) is 19.1 Å². The van der Waals surface area contributed by atoms with Crippen molar-refractivity contribution in [2.75, 3.05) is 17.7 Å². The fourth-order valence-electron chi connectivity index (χ4n) is 1.64. The van der Waals surface area contributed by atoms with Crippen LogP contribution in [-0.2, 0) is 13.0 Å². The zero-order valence-electron chi connectivity index (χ0n) is 11.0. The molecule has 2 aromatic rings. The molecule has 0 aliphatic carbocycles. The Bertz CT molecular complexity index is 543. The SMILES string of the molecule is CCOc1nc(N)nc(NCc2sccc2CC)n1. The van der Waals surface area contributed by atoms with Gasteiger partial charge >= 0.3 is 6.01 Å². The third kappa shape index (κ3) is 3.54. The maximum Gasteiger partial charge on any atom is 0.323 e. The van der Waals surface area contributed by atoms with Gasteiger partial charge in [0.15, 0.2) is 0 Å². The molecule has 0 atom stereocenters. The lowest BCUT2D eigenvalue weighted by Crippen LogP contribution is -2.09. The number of thiophene rings is 1. The summed E-state index contributed by atoms with van der Waals surface area (Å²) in [5.74, 6) is 0.592. The van der Waals surface area contributed by atoms with Crippen molar-refractivity contribution in [2.24, 2.45) is 0 Å². The molecule has 102 valence electrons. The van der Waals surface area contributed by atoms with E-state index >= 15 is 0 Å². The minimum absolute atomic E-state index is 0.155. The summed E-state index contributed by atoms with van der Waals surface area (Å²) in [7, 11) is 0. The van der Waals surface area contributed by atoms with Gasteiger partial charge in [-0.1, -0.05) is 6.92 Å². The van der Waals surface area contributed by atoms with Crippen LogP contribution in [0, 0.1) is 0 Å². The van der Waals surface area contributed by atoms with Crippen molar-refractivity contribution >= 4 is 23.2 Å². The maximum absolute atomic E-state index is 5.62. The van der Waals surface area contributed by atoms with Gasteiger partial charge in [-0.3, -0.25) is 0 Å². The summed E-state index contributed by atoms with van der Waals surface area (Å²) in [4.78, 5) is 13.4. The molecule has 0 saturated heterocycles. The number of nitrogens with zero attached hydrogens (tertiary/aromatic N) is 3. The molecule has 0 bridgehead atoms. The fraction of sp³-hybridized carbons (Fsp3) is 0.417. The van der Waals surface area contributed by atoms with E-state index in [9.17, 15) is 0 Å². The largest absolute Gasteiger partial charge is 0.464 e. The number of nitrogens with two attached hydrogens (primary N) is 1. The predicted molar refractivity (Wildman–Crippen MR) is 76.4 cm³/mol. The van der Waals surface area contributed by atoms with Crippen molar-refractivity contribution < 1.29 is 4.74 Å². The molecule has 0 fully saturated rings. The second kappa shape index (κ2) is 6.33. The Morgan fingerprint density at radius 3 is 2.89 bits per heavy atom. The lowest BCUT2D eigenvalue weighted by molar-refractivity contribution is 0.312. The highest BCUT2D eigenvalue weighted by atomic mass is 32.1. The molecule has 6 nitrogen and oxygen atoms in total. The lowest BCUT2D eigenvalue weighted by atomic mass is 10.2. The number of ether oxygens (including phenoxy) is 1. The van der Waals surface area contributed by atoms with Crippen LogP contribution in [-0.4, -0.2) is 21.6 Å². The minimum atomic E-state index is 0.155. The summed E-state index contributed by atoms with van der Waals surface area (Å²) in [6.45, 7) is 5.18.